The van der Waals surface area contributed by atoms with Crippen LogP contribution >= 0.6 is 0 Å². The zero-order valence-corrected chi connectivity index (χ0v) is 23.3. The van der Waals surface area contributed by atoms with E-state index in [1.54, 1.807) is 37.1 Å². The molecule has 2 aromatic carbocycles. The molecule has 0 aliphatic carbocycles. The van der Waals surface area contributed by atoms with Crippen molar-refractivity contribution in [2.24, 2.45) is 7.05 Å². The molecule has 9 heteroatoms. The molecule has 6 rings (SSSR count). The Morgan fingerprint density at radius 2 is 1.93 bits per heavy atom. The summed E-state index contributed by atoms with van der Waals surface area (Å²) in [5, 5.41) is 4.20. The number of benzene rings is 2. The molecule has 40 heavy (non-hydrogen) atoms. The van der Waals surface area contributed by atoms with Gasteiger partial charge in [-0.1, -0.05) is 6.07 Å². The van der Waals surface area contributed by atoms with Gasteiger partial charge in [0, 0.05) is 93.3 Å². The minimum absolute atomic E-state index is 0.00110. The van der Waals surface area contributed by atoms with Gasteiger partial charge < -0.3 is 14.7 Å². The summed E-state index contributed by atoms with van der Waals surface area (Å²) in [5.41, 5.74) is 7.39. The Balaban J connectivity index is 1.47. The predicted octanol–water partition coefficient (Wildman–Crippen LogP) is 5.70. The minimum Gasteiger partial charge on any atom is -0.342 e. The zero-order chi connectivity index (χ0) is 28.1. The minimum atomic E-state index is -2.63. The topological polar surface area (TPSA) is 61.7 Å². The first-order valence-corrected chi connectivity index (χ1v) is 14.1. The maximum Gasteiger partial charge on any atom is 0.264 e. The summed E-state index contributed by atoms with van der Waals surface area (Å²) in [6.45, 7) is 6.70. The smallest absolute Gasteiger partial charge is 0.264 e. The number of aromatic nitrogens is 2. The van der Waals surface area contributed by atoms with Crippen molar-refractivity contribution in [3.63, 3.8) is 0 Å². The summed E-state index contributed by atoms with van der Waals surface area (Å²) < 4.78 is 30.6. The van der Waals surface area contributed by atoms with Crippen LogP contribution < -0.4 is 4.90 Å². The van der Waals surface area contributed by atoms with Gasteiger partial charge in [-0.25, -0.2) is 8.78 Å². The van der Waals surface area contributed by atoms with Gasteiger partial charge in [0.25, 0.3) is 6.43 Å². The molecule has 3 aliphatic heterocycles. The van der Waals surface area contributed by atoms with Crippen molar-refractivity contribution in [1.29, 1.82) is 0 Å². The van der Waals surface area contributed by atoms with E-state index in [-0.39, 0.29) is 23.3 Å². The average molecular weight is 548 g/mol. The van der Waals surface area contributed by atoms with E-state index in [4.69, 9.17) is 0 Å². The predicted molar refractivity (Wildman–Crippen MR) is 150 cm³/mol. The van der Waals surface area contributed by atoms with Gasteiger partial charge in [-0.05, 0) is 66.6 Å². The number of alkyl halides is 2. The van der Waals surface area contributed by atoms with Crippen molar-refractivity contribution in [2.45, 2.75) is 65.0 Å². The van der Waals surface area contributed by atoms with Gasteiger partial charge >= 0.3 is 0 Å². The van der Waals surface area contributed by atoms with E-state index in [0.29, 0.717) is 50.3 Å². The Morgan fingerprint density at radius 3 is 2.62 bits per heavy atom. The molecule has 1 atom stereocenters. The highest BCUT2D eigenvalue weighted by Gasteiger charge is 2.33. The summed E-state index contributed by atoms with van der Waals surface area (Å²) >= 11 is 0. The van der Waals surface area contributed by atoms with Crippen LogP contribution in [0.4, 0.5) is 20.2 Å². The second kappa shape index (κ2) is 10.3. The molecular weight excluding hydrogens is 512 g/mol. The molecule has 1 saturated heterocycles. The van der Waals surface area contributed by atoms with E-state index in [2.05, 4.69) is 22.1 Å². The van der Waals surface area contributed by atoms with Gasteiger partial charge in [0.05, 0.1) is 6.20 Å². The number of hydrogen-bond donors (Lipinski definition) is 0. The molecule has 3 aromatic rings. The highest BCUT2D eigenvalue weighted by Crippen LogP contribution is 2.45. The molecule has 1 fully saturated rings. The van der Waals surface area contributed by atoms with Crippen LogP contribution in [0.2, 0.25) is 0 Å². The lowest BCUT2D eigenvalue weighted by Crippen LogP contribution is -2.38. The van der Waals surface area contributed by atoms with Crippen LogP contribution in [0.3, 0.4) is 0 Å². The van der Waals surface area contributed by atoms with Crippen molar-refractivity contribution in [1.82, 2.24) is 19.6 Å². The van der Waals surface area contributed by atoms with Crippen molar-refractivity contribution in [3.8, 4) is 11.1 Å². The number of carbonyl (C=O) groups excluding carboxylic acids is 2. The number of halogens is 2. The number of anilines is 2. The molecule has 0 spiro atoms. The molecule has 7 nitrogen and oxygen atoms in total. The van der Waals surface area contributed by atoms with E-state index in [1.807, 2.05) is 22.8 Å². The molecule has 1 unspecified atom stereocenters. The fourth-order valence-electron chi connectivity index (χ4n) is 6.60. The van der Waals surface area contributed by atoms with Gasteiger partial charge in [-0.15, -0.1) is 0 Å². The summed E-state index contributed by atoms with van der Waals surface area (Å²) in [4.78, 5) is 30.7. The largest absolute Gasteiger partial charge is 0.342 e. The number of likely N-dealkylation sites (N-methyl/N-ethyl adjacent to an activating group) is 1. The van der Waals surface area contributed by atoms with Crippen molar-refractivity contribution in [3.05, 3.63) is 64.5 Å². The second-order valence-electron chi connectivity index (χ2n) is 11.2. The lowest BCUT2D eigenvalue weighted by molar-refractivity contribution is -0.133. The molecule has 0 radical (unpaired) electrons. The molecule has 0 saturated carbocycles. The third-order valence-corrected chi connectivity index (χ3v) is 8.76. The van der Waals surface area contributed by atoms with Crippen LogP contribution in [0.1, 0.15) is 73.3 Å². The number of carbonyl (C=O) groups is 2. The highest BCUT2D eigenvalue weighted by molar-refractivity contribution is 5.81. The fraction of sp³-hybridized carbons (Fsp3) is 0.452. The number of likely N-dealkylation sites (tertiary alicyclic amines) is 1. The first kappa shape index (κ1) is 26.5. The van der Waals surface area contributed by atoms with Crippen LogP contribution in [0.5, 0.6) is 0 Å². The standard InChI is InChI=1S/C31H35F2N5O2/c1-4-36-16-21(7-8-30(36)40)22-10-23-17-37(19(2)39)18-27(23)29(12-22)38-9-5-6-20-11-25(24-14-34-35(3)15-24)26(31(32)33)13-28(20)38/h10-15,21,31H,4-9,16-18H2,1-3H3. The normalized spacial score (nSPS) is 18.9. The summed E-state index contributed by atoms with van der Waals surface area (Å²) in [5.74, 6) is 0.406. The first-order valence-electron chi connectivity index (χ1n) is 14.1. The highest BCUT2D eigenvalue weighted by atomic mass is 19.3. The Bertz CT molecular complexity index is 1480. The molecule has 1 aromatic heterocycles. The maximum atomic E-state index is 14.5. The van der Waals surface area contributed by atoms with Gasteiger partial charge in [0.2, 0.25) is 11.8 Å². The van der Waals surface area contributed by atoms with Crippen LogP contribution in [0.25, 0.3) is 11.1 Å². The molecule has 2 amide bonds. The number of nitrogens with zero attached hydrogens (tertiary/aromatic N) is 5. The SMILES string of the molecule is CCN1CC(c2cc3c(c(N4CCCc5cc(-c6cnn(C)c6)c(C(F)F)cc54)c2)CN(C(C)=O)C3)CCC1=O. The molecular formula is C31H35F2N5O2. The van der Waals surface area contributed by atoms with Crippen LogP contribution in [0.15, 0.2) is 36.7 Å². The van der Waals surface area contributed by atoms with E-state index in [9.17, 15) is 18.4 Å². The summed E-state index contributed by atoms with van der Waals surface area (Å²) in [6.07, 6.45) is 3.78. The van der Waals surface area contributed by atoms with Crippen molar-refractivity contribution >= 4 is 23.2 Å². The van der Waals surface area contributed by atoms with Gasteiger partial charge in [0.1, 0.15) is 0 Å². The van der Waals surface area contributed by atoms with E-state index in [1.165, 1.54) is 0 Å². The molecule has 3 aliphatic rings. The van der Waals surface area contributed by atoms with Crippen molar-refractivity contribution in [2.75, 3.05) is 24.5 Å². The van der Waals surface area contributed by atoms with Crippen LogP contribution in [-0.4, -0.2) is 51.0 Å². The van der Waals surface area contributed by atoms with Crippen molar-refractivity contribution < 1.29 is 18.4 Å². The number of fused-ring (bicyclic) bond motifs is 2. The number of rotatable bonds is 5. The lowest BCUT2D eigenvalue weighted by atomic mass is 9.87. The van der Waals surface area contributed by atoms with E-state index >= 15 is 0 Å². The monoisotopic (exact) mass is 547 g/mol. The number of piperidine rings is 1. The number of amides is 2. The van der Waals surface area contributed by atoms with E-state index < -0.39 is 6.43 Å². The second-order valence-corrected chi connectivity index (χ2v) is 11.2. The Labute approximate surface area is 233 Å². The van der Waals surface area contributed by atoms with Gasteiger partial charge in [-0.3, -0.25) is 14.3 Å². The molecule has 4 heterocycles. The maximum absolute atomic E-state index is 14.5. The van der Waals surface area contributed by atoms with E-state index in [0.717, 1.165) is 52.9 Å². The average Bonchev–Trinajstić information content (AvgIpc) is 3.58. The third-order valence-electron chi connectivity index (χ3n) is 8.76. The quantitative estimate of drug-likeness (QED) is 0.411. The summed E-state index contributed by atoms with van der Waals surface area (Å²) in [7, 11) is 1.78. The van der Waals surface area contributed by atoms with Gasteiger partial charge in [-0.2, -0.15) is 5.10 Å². The van der Waals surface area contributed by atoms with Crippen LogP contribution in [0, 0.1) is 0 Å². The lowest BCUT2D eigenvalue weighted by Gasteiger charge is -2.36. The number of hydrogen-bond acceptors (Lipinski definition) is 4. The zero-order valence-electron chi connectivity index (χ0n) is 23.3. The van der Waals surface area contributed by atoms with Crippen LogP contribution in [-0.2, 0) is 36.1 Å². The van der Waals surface area contributed by atoms with Gasteiger partial charge in [0.15, 0.2) is 0 Å². The molecule has 0 N–H and O–H groups in total. The molecule has 210 valence electrons. The Morgan fingerprint density at radius 1 is 1.10 bits per heavy atom. The Kier molecular flexibility index (Phi) is 6.84. The first-order chi connectivity index (χ1) is 19.2. The number of aryl methyl sites for hydroxylation is 2. The molecule has 0 bridgehead atoms. The summed E-state index contributed by atoms with van der Waals surface area (Å²) in [6, 6.07) is 7.98. The third kappa shape index (κ3) is 4.65. The Hall–Kier alpha value is -3.75. The fourth-order valence-corrected chi connectivity index (χ4v) is 6.60.